The van der Waals surface area contributed by atoms with Crippen molar-refractivity contribution in [3.8, 4) is 11.3 Å². The van der Waals surface area contributed by atoms with E-state index in [-0.39, 0.29) is 5.82 Å². The number of aliphatic carboxylic acids is 1. The molecule has 0 spiro atoms. The van der Waals surface area contributed by atoms with Crippen LogP contribution in [0.5, 0.6) is 0 Å². The van der Waals surface area contributed by atoms with Crippen LogP contribution in [-0.2, 0) is 4.79 Å². The van der Waals surface area contributed by atoms with Crippen LogP contribution < -0.4 is 0 Å². The second kappa shape index (κ2) is 5.44. The Hall–Kier alpha value is -2.95. The van der Waals surface area contributed by atoms with Crippen molar-refractivity contribution in [2.75, 3.05) is 0 Å². The molecule has 0 atom stereocenters. The Morgan fingerprint density at radius 1 is 1.27 bits per heavy atom. The van der Waals surface area contributed by atoms with E-state index in [0.29, 0.717) is 17.0 Å². The first kappa shape index (κ1) is 14.0. The quantitative estimate of drug-likeness (QED) is 0.752. The zero-order chi connectivity index (χ0) is 15.7. The van der Waals surface area contributed by atoms with Crippen molar-refractivity contribution < 1.29 is 14.3 Å². The molecule has 5 heteroatoms. The Morgan fingerprint density at radius 3 is 2.68 bits per heavy atom. The summed E-state index contributed by atoms with van der Waals surface area (Å²) in [5.74, 6) is -1.36. The van der Waals surface area contributed by atoms with Crippen molar-refractivity contribution in [1.29, 1.82) is 0 Å². The van der Waals surface area contributed by atoms with Gasteiger partial charge in [0.2, 0.25) is 0 Å². The molecule has 0 bridgehead atoms. The van der Waals surface area contributed by atoms with Gasteiger partial charge < -0.3 is 5.11 Å². The van der Waals surface area contributed by atoms with Crippen LogP contribution in [0.2, 0.25) is 0 Å². The fourth-order valence-corrected chi connectivity index (χ4v) is 2.30. The fourth-order valence-electron chi connectivity index (χ4n) is 2.30. The zero-order valence-electron chi connectivity index (χ0n) is 11.8. The molecular weight excluding hydrogens is 283 g/mol. The van der Waals surface area contributed by atoms with Crippen molar-refractivity contribution in [3.05, 3.63) is 65.7 Å². The second-order valence-corrected chi connectivity index (χ2v) is 4.96. The van der Waals surface area contributed by atoms with Gasteiger partial charge in [-0.3, -0.25) is 4.40 Å². The first-order valence-electron chi connectivity index (χ1n) is 6.70. The molecule has 110 valence electrons. The number of nitrogens with zero attached hydrogens (tertiary/aromatic N) is 2. The van der Waals surface area contributed by atoms with Crippen LogP contribution in [0.15, 0.2) is 48.7 Å². The number of hydrogen-bond acceptors (Lipinski definition) is 2. The Bertz CT molecular complexity index is 880. The third-order valence-corrected chi connectivity index (χ3v) is 3.32. The zero-order valence-corrected chi connectivity index (χ0v) is 11.8. The van der Waals surface area contributed by atoms with Gasteiger partial charge in [0.1, 0.15) is 11.5 Å². The van der Waals surface area contributed by atoms with Gasteiger partial charge in [0.15, 0.2) is 0 Å². The number of aromatic nitrogens is 2. The molecule has 22 heavy (non-hydrogen) atoms. The molecule has 3 aromatic rings. The average molecular weight is 296 g/mol. The Morgan fingerprint density at radius 2 is 2.00 bits per heavy atom. The van der Waals surface area contributed by atoms with Gasteiger partial charge in [0.25, 0.3) is 0 Å². The van der Waals surface area contributed by atoms with Crippen LogP contribution in [0, 0.1) is 12.7 Å². The largest absolute Gasteiger partial charge is 0.478 e. The number of fused-ring (bicyclic) bond motifs is 1. The Balaban J connectivity index is 2.25. The normalized spacial score (nSPS) is 11.4. The smallest absolute Gasteiger partial charge is 0.328 e. The number of imidazole rings is 1. The van der Waals surface area contributed by atoms with Crippen molar-refractivity contribution >= 4 is 17.7 Å². The van der Waals surface area contributed by atoms with E-state index in [4.69, 9.17) is 5.11 Å². The highest BCUT2D eigenvalue weighted by molar-refractivity contribution is 5.87. The second-order valence-electron chi connectivity index (χ2n) is 4.96. The number of benzene rings is 1. The Kier molecular flexibility index (Phi) is 3.47. The number of halogens is 1. The SMILES string of the molecule is Cc1ccn2c(/C=C/C(=O)O)c(-c3ccc(F)cc3)nc2c1. The van der Waals surface area contributed by atoms with Gasteiger partial charge in [-0.25, -0.2) is 14.2 Å². The van der Waals surface area contributed by atoms with Crippen LogP contribution in [-0.4, -0.2) is 20.5 Å². The predicted molar refractivity (Wildman–Crippen MR) is 82.0 cm³/mol. The number of aryl methyl sites for hydroxylation is 1. The van der Waals surface area contributed by atoms with Crippen LogP contribution in [0.3, 0.4) is 0 Å². The monoisotopic (exact) mass is 296 g/mol. The highest BCUT2D eigenvalue weighted by atomic mass is 19.1. The van der Waals surface area contributed by atoms with Crippen molar-refractivity contribution in [2.24, 2.45) is 0 Å². The van der Waals surface area contributed by atoms with E-state index in [9.17, 15) is 9.18 Å². The number of rotatable bonds is 3. The van der Waals surface area contributed by atoms with Crippen molar-refractivity contribution in [2.45, 2.75) is 6.92 Å². The average Bonchev–Trinajstić information content (AvgIpc) is 2.83. The lowest BCUT2D eigenvalue weighted by molar-refractivity contribution is -0.131. The van der Waals surface area contributed by atoms with Gasteiger partial charge in [-0.1, -0.05) is 0 Å². The third-order valence-electron chi connectivity index (χ3n) is 3.32. The molecule has 0 aliphatic carbocycles. The van der Waals surface area contributed by atoms with E-state index in [1.54, 1.807) is 12.1 Å². The van der Waals surface area contributed by atoms with Crippen molar-refractivity contribution in [3.63, 3.8) is 0 Å². The maximum atomic E-state index is 13.1. The van der Waals surface area contributed by atoms with Gasteiger partial charge in [-0.15, -0.1) is 0 Å². The summed E-state index contributed by atoms with van der Waals surface area (Å²) in [7, 11) is 0. The van der Waals surface area contributed by atoms with E-state index in [1.807, 2.05) is 29.7 Å². The summed E-state index contributed by atoms with van der Waals surface area (Å²) < 4.78 is 14.9. The third kappa shape index (κ3) is 2.61. The summed E-state index contributed by atoms with van der Waals surface area (Å²) in [6.07, 6.45) is 4.40. The molecule has 4 nitrogen and oxygen atoms in total. The van der Waals surface area contributed by atoms with Gasteiger partial charge >= 0.3 is 5.97 Å². The molecule has 0 aliphatic rings. The first-order chi connectivity index (χ1) is 10.5. The van der Waals surface area contributed by atoms with Gasteiger partial charge in [-0.05, 0) is 55.0 Å². The van der Waals surface area contributed by atoms with E-state index < -0.39 is 5.97 Å². The molecule has 0 radical (unpaired) electrons. The summed E-state index contributed by atoms with van der Waals surface area (Å²) in [6, 6.07) is 9.79. The van der Waals surface area contributed by atoms with Crippen LogP contribution in [0.25, 0.3) is 23.0 Å². The van der Waals surface area contributed by atoms with Crippen LogP contribution in [0.4, 0.5) is 4.39 Å². The number of carboxylic acid groups (broad SMARTS) is 1. The van der Waals surface area contributed by atoms with E-state index in [2.05, 4.69) is 4.98 Å². The molecule has 0 aliphatic heterocycles. The number of hydrogen-bond donors (Lipinski definition) is 1. The lowest BCUT2D eigenvalue weighted by Gasteiger charge is -2.01. The predicted octanol–water partition coefficient (Wildman–Crippen LogP) is 3.55. The highest BCUT2D eigenvalue weighted by Gasteiger charge is 2.12. The topological polar surface area (TPSA) is 54.6 Å². The van der Waals surface area contributed by atoms with E-state index in [0.717, 1.165) is 17.2 Å². The fraction of sp³-hybridized carbons (Fsp3) is 0.0588. The standard InChI is InChI=1S/C17H13FN2O2/c1-11-8-9-20-14(6-7-16(21)22)17(19-15(20)10-11)12-2-4-13(18)5-3-12/h2-10H,1H3,(H,21,22)/b7-6+. The minimum Gasteiger partial charge on any atom is -0.478 e. The molecule has 3 rings (SSSR count). The van der Waals surface area contributed by atoms with E-state index >= 15 is 0 Å². The molecular formula is C17H13FN2O2. The molecule has 0 fully saturated rings. The Labute approximate surface area is 126 Å². The summed E-state index contributed by atoms with van der Waals surface area (Å²) >= 11 is 0. The highest BCUT2D eigenvalue weighted by Crippen LogP contribution is 2.26. The molecule has 0 amide bonds. The number of carbonyl (C=O) groups is 1. The first-order valence-corrected chi connectivity index (χ1v) is 6.70. The van der Waals surface area contributed by atoms with Crippen LogP contribution >= 0.6 is 0 Å². The molecule has 2 heterocycles. The molecule has 2 aromatic heterocycles. The van der Waals surface area contributed by atoms with E-state index in [1.165, 1.54) is 18.2 Å². The summed E-state index contributed by atoms with van der Waals surface area (Å²) in [6.45, 7) is 1.96. The molecule has 1 aromatic carbocycles. The summed E-state index contributed by atoms with van der Waals surface area (Å²) in [4.78, 5) is 15.4. The van der Waals surface area contributed by atoms with Gasteiger partial charge in [-0.2, -0.15) is 0 Å². The minimum absolute atomic E-state index is 0.328. The lowest BCUT2D eigenvalue weighted by Crippen LogP contribution is -1.91. The number of carboxylic acids is 1. The lowest BCUT2D eigenvalue weighted by atomic mass is 10.1. The maximum Gasteiger partial charge on any atom is 0.328 e. The van der Waals surface area contributed by atoms with Crippen molar-refractivity contribution in [1.82, 2.24) is 9.38 Å². The molecule has 1 N–H and O–H groups in total. The molecule has 0 unspecified atom stereocenters. The minimum atomic E-state index is -1.04. The van der Waals surface area contributed by atoms with Gasteiger partial charge in [0.05, 0.1) is 11.4 Å². The van der Waals surface area contributed by atoms with Crippen LogP contribution in [0.1, 0.15) is 11.3 Å². The maximum absolute atomic E-state index is 13.1. The number of pyridine rings is 1. The summed E-state index contributed by atoms with van der Waals surface area (Å²) in [5.41, 5.74) is 3.75. The molecule has 0 saturated carbocycles. The van der Waals surface area contributed by atoms with Gasteiger partial charge in [0, 0.05) is 17.8 Å². The summed E-state index contributed by atoms with van der Waals surface area (Å²) in [5, 5.41) is 8.86. The molecule has 0 saturated heterocycles.